The van der Waals surface area contributed by atoms with Crippen molar-refractivity contribution < 1.29 is 13.2 Å². The zero-order valence-corrected chi connectivity index (χ0v) is 8.13. The molecule has 0 radical (unpaired) electrons. The maximum atomic E-state index is 12.0. The van der Waals surface area contributed by atoms with Crippen molar-refractivity contribution in [3.63, 3.8) is 0 Å². The monoisotopic (exact) mass is 259 g/mol. The Kier molecular flexibility index (Phi) is 2.80. The van der Waals surface area contributed by atoms with E-state index in [4.69, 9.17) is 5.73 Å². The van der Waals surface area contributed by atoms with Gasteiger partial charge in [-0.3, -0.25) is 0 Å². The molecule has 1 unspecified atom stereocenters. The minimum absolute atomic E-state index is 0.120. The number of hydrogen-bond acceptors (Lipinski definition) is 2. The smallest absolute Gasteiger partial charge is 0.316 e. The highest BCUT2D eigenvalue weighted by molar-refractivity contribution is 9.10. The molecular weight excluding hydrogens is 255 g/mol. The molecule has 0 saturated heterocycles. The highest BCUT2D eigenvalue weighted by Crippen LogP contribution is 2.34. The molecule has 0 aliphatic carbocycles. The van der Waals surface area contributed by atoms with Gasteiger partial charge in [0.05, 0.1) is 0 Å². The summed E-state index contributed by atoms with van der Waals surface area (Å²) in [4.78, 5) is 0.120. The molecule has 0 spiro atoms. The second-order valence-corrected chi connectivity index (χ2v) is 4.05. The van der Waals surface area contributed by atoms with Crippen molar-refractivity contribution in [2.24, 2.45) is 5.73 Å². The molecule has 1 rings (SSSR count). The Bertz CT molecular complexity index is 270. The van der Waals surface area contributed by atoms with Crippen LogP contribution in [0.4, 0.5) is 13.2 Å². The lowest BCUT2D eigenvalue weighted by atomic mass is 10.2. The van der Waals surface area contributed by atoms with Gasteiger partial charge in [-0.05, 0) is 22.0 Å². The molecule has 1 nitrogen and oxygen atoms in total. The standard InChI is InChI=1S/C6H5BrF3NS/c7-3-1-4(12-2-3)5(11)6(8,9)10/h1-2,5H,11H2. The molecule has 1 aromatic heterocycles. The Balaban J connectivity index is 2.85. The first-order valence-electron chi connectivity index (χ1n) is 2.97. The van der Waals surface area contributed by atoms with Gasteiger partial charge in [-0.1, -0.05) is 0 Å². The Morgan fingerprint density at radius 1 is 1.50 bits per heavy atom. The molecule has 0 bridgehead atoms. The zero-order valence-electron chi connectivity index (χ0n) is 5.73. The molecule has 1 aromatic rings. The first kappa shape index (κ1) is 10.0. The van der Waals surface area contributed by atoms with Crippen molar-refractivity contribution in [1.82, 2.24) is 0 Å². The van der Waals surface area contributed by atoms with Crippen LogP contribution in [0.2, 0.25) is 0 Å². The van der Waals surface area contributed by atoms with E-state index in [-0.39, 0.29) is 4.88 Å². The molecule has 12 heavy (non-hydrogen) atoms. The largest absolute Gasteiger partial charge is 0.408 e. The van der Waals surface area contributed by atoms with Gasteiger partial charge in [0.2, 0.25) is 0 Å². The summed E-state index contributed by atoms with van der Waals surface area (Å²) in [5, 5.41) is 1.57. The molecule has 68 valence electrons. The number of rotatable bonds is 1. The molecule has 1 heterocycles. The summed E-state index contributed by atoms with van der Waals surface area (Å²) in [6.07, 6.45) is -4.36. The van der Waals surface area contributed by atoms with Crippen LogP contribution in [-0.2, 0) is 0 Å². The van der Waals surface area contributed by atoms with Crippen LogP contribution in [0.5, 0.6) is 0 Å². The van der Waals surface area contributed by atoms with Crippen LogP contribution in [0.15, 0.2) is 15.9 Å². The van der Waals surface area contributed by atoms with Crippen molar-refractivity contribution in [2.75, 3.05) is 0 Å². The molecule has 2 N–H and O–H groups in total. The lowest BCUT2D eigenvalue weighted by molar-refractivity contribution is -0.148. The molecule has 0 aliphatic heterocycles. The zero-order chi connectivity index (χ0) is 9.35. The van der Waals surface area contributed by atoms with E-state index in [0.29, 0.717) is 4.47 Å². The Morgan fingerprint density at radius 2 is 2.08 bits per heavy atom. The second kappa shape index (κ2) is 3.35. The van der Waals surface area contributed by atoms with Crippen molar-refractivity contribution in [2.45, 2.75) is 12.2 Å². The van der Waals surface area contributed by atoms with Crippen LogP contribution in [-0.4, -0.2) is 6.18 Å². The molecule has 0 aliphatic rings. The third-order valence-corrected chi connectivity index (χ3v) is 3.02. The van der Waals surface area contributed by atoms with E-state index in [2.05, 4.69) is 15.9 Å². The van der Waals surface area contributed by atoms with Crippen LogP contribution in [0.3, 0.4) is 0 Å². The Hall–Kier alpha value is -0.0700. The van der Waals surface area contributed by atoms with Crippen LogP contribution < -0.4 is 5.73 Å². The van der Waals surface area contributed by atoms with E-state index >= 15 is 0 Å². The van der Waals surface area contributed by atoms with Gasteiger partial charge in [0, 0.05) is 14.7 Å². The van der Waals surface area contributed by atoms with Gasteiger partial charge in [-0.2, -0.15) is 13.2 Å². The van der Waals surface area contributed by atoms with Gasteiger partial charge in [0.1, 0.15) is 6.04 Å². The van der Waals surface area contributed by atoms with Gasteiger partial charge < -0.3 is 5.73 Å². The molecule has 6 heteroatoms. The first-order valence-corrected chi connectivity index (χ1v) is 4.65. The summed E-state index contributed by atoms with van der Waals surface area (Å²) < 4.78 is 36.7. The summed E-state index contributed by atoms with van der Waals surface area (Å²) in [6.45, 7) is 0. The van der Waals surface area contributed by atoms with Crippen molar-refractivity contribution in [3.8, 4) is 0 Å². The quantitative estimate of drug-likeness (QED) is 0.825. The Labute approximate surface area is 79.5 Å². The lowest BCUT2D eigenvalue weighted by Crippen LogP contribution is -2.27. The van der Waals surface area contributed by atoms with Gasteiger partial charge >= 0.3 is 6.18 Å². The summed E-state index contributed by atoms with van der Waals surface area (Å²) >= 11 is 4.05. The molecular formula is C6H5BrF3NS. The van der Waals surface area contributed by atoms with Crippen LogP contribution in [0.1, 0.15) is 10.9 Å². The lowest BCUT2D eigenvalue weighted by Gasteiger charge is -2.12. The van der Waals surface area contributed by atoms with E-state index in [0.717, 1.165) is 11.3 Å². The second-order valence-electron chi connectivity index (χ2n) is 2.19. The maximum Gasteiger partial charge on any atom is 0.408 e. The number of hydrogen-bond donors (Lipinski definition) is 1. The van der Waals surface area contributed by atoms with E-state index in [1.54, 1.807) is 5.38 Å². The predicted molar refractivity (Wildman–Crippen MR) is 45.0 cm³/mol. The normalized spacial score (nSPS) is 14.8. The van der Waals surface area contributed by atoms with Crippen molar-refractivity contribution in [3.05, 3.63) is 20.8 Å². The number of halogens is 4. The summed E-state index contributed by atoms with van der Waals surface area (Å²) in [5.41, 5.74) is 4.95. The van der Waals surface area contributed by atoms with Gasteiger partial charge in [-0.15, -0.1) is 11.3 Å². The molecule has 0 amide bonds. The molecule has 0 aromatic carbocycles. The molecule has 0 fully saturated rings. The predicted octanol–water partition coefficient (Wildman–Crippen LogP) is 3.07. The summed E-state index contributed by atoms with van der Waals surface area (Å²) in [6, 6.07) is -0.489. The summed E-state index contributed by atoms with van der Waals surface area (Å²) in [7, 11) is 0. The maximum absolute atomic E-state index is 12.0. The van der Waals surface area contributed by atoms with Crippen molar-refractivity contribution in [1.29, 1.82) is 0 Å². The fourth-order valence-corrected chi connectivity index (χ4v) is 2.12. The molecule has 1 atom stereocenters. The third kappa shape index (κ3) is 2.21. The number of nitrogens with two attached hydrogens (primary N) is 1. The van der Waals surface area contributed by atoms with Gasteiger partial charge in [0.15, 0.2) is 0 Å². The summed E-state index contributed by atoms with van der Waals surface area (Å²) in [5.74, 6) is 0. The Morgan fingerprint density at radius 3 is 2.42 bits per heavy atom. The average Bonchev–Trinajstić information content (AvgIpc) is 2.32. The average molecular weight is 260 g/mol. The fraction of sp³-hybridized carbons (Fsp3) is 0.333. The number of thiophene rings is 1. The SMILES string of the molecule is NC(c1cc(Br)cs1)C(F)(F)F. The van der Waals surface area contributed by atoms with E-state index in [1.807, 2.05) is 0 Å². The van der Waals surface area contributed by atoms with Crippen LogP contribution >= 0.6 is 27.3 Å². The minimum Gasteiger partial charge on any atom is -0.316 e. The van der Waals surface area contributed by atoms with Gasteiger partial charge in [-0.25, -0.2) is 0 Å². The van der Waals surface area contributed by atoms with Crippen LogP contribution in [0, 0.1) is 0 Å². The fourth-order valence-electron chi connectivity index (χ4n) is 0.653. The first-order chi connectivity index (χ1) is 5.41. The van der Waals surface area contributed by atoms with E-state index < -0.39 is 12.2 Å². The highest BCUT2D eigenvalue weighted by atomic mass is 79.9. The van der Waals surface area contributed by atoms with Crippen LogP contribution in [0.25, 0.3) is 0 Å². The minimum atomic E-state index is -4.36. The highest BCUT2D eigenvalue weighted by Gasteiger charge is 2.38. The third-order valence-electron chi connectivity index (χ3n) is 1.25. The molecule has 0 saturated carbocycles. The van der Waals surface area contributed by atoms with E-state index in [1.165, 1.54) is 6.07 Å². The number of alkyl halides is 3. The topological polar surface area (TPSA) is 26.0 Å². The van der Waals surface area contributed by atoms with Gasteiger partial charge in [0.25, 0.3) is 0 Å². The van der Waals surface area contributed by atoms with E-state index in [9.17, 15) is 13.2 Å². The van der Waals surface area contributed by atoms with Crippen molar-refractivity contribution >= 4 is 27.3 Å².